The van der Waals surface area contributed by atoms with E-state index in [4.69, 9.17) is 9.47 Å². The van der Waals surface area contributed by atoms with E-state index in [2.05, 4.69) is 10.9 Å². The highest BCUT2D eigenvalue weighted by molar-refractivity contribution is 6.00. The number of hydrogen-bond acceptors (Lipinski definition) is 6. The van der Waals surface area contributed by atoms with Gasteiger partial charge in [-0.25, -0.2) is 0 Å². The predicted octanol–water partition coefficient (Wildman–Crippen LogP) is 2.39. The van der Waals surface area contributed by atoms with Gasteiger partial charge >= 0.3 is 0 Å². The molecule has 2 aromatic rings. The van der Waals surface area contributed by atoms with Crippen molar-refractivity contribution in [1.82, 2.24) is 10.9 Å². The molecule has 27 heavy (non-hydrogen) atoms. The van der Waals surface area contributed by atoms with Gasteiger partial charge in [-0.15, -0.1) is 0 Å². The molecule has 0 radical (unpaired) electrons. The highest BCUT2D eigenvalue weighted by Gasteiger charge is 2.18. The molecule has 0 bridgehead atoms. The summed E-state index contributed by atoms with van der Waals surface area (Å²) < 4.78 is 10.6. The first-order valence-corrected chi connectivity index (χ1v) is 8.04. The first-order chi connectivity index (χ1) is 12.9. The predicted molar refractivity (Wildman–Crippen MR) is 96.9 cm³/mol. The minimum atomic E-state index is -0.664. The van der Waals surface area contributed by atoms with Crippen LogP contribution in [0, 0.1) is 17.0 Å². The number of nitro groups is 1. The summed E-state index contributed by atoms with van der Waals surface area (Å²) in [6, 6.07) is 8.72. The number of benzene rings is 2. The summed E-state index contributed by atoms with van der Waals surface area (Å²) in [5.41, 5.74) is 4.88. The number of amides is 2. The van der Waals surface area contributed by atoms with Crippen LogP contribution in [0.4, 0.5) is 5.69 Å². The number of carbonyl (C=O) groups is 2. The summed E-state index contributed by atoms with van der Waals surface area (Å²) in [6.07, 6.45) is 0. The number of nitro benzene ring substituents is 1. The minimum absolute atomic E-state index is 0.0915. The van der Waals surface area contributed by atoms with Crippen LogP contribution < -0.4 is 20.3 Å². The summed E-state index contributed by atoms with van der Waals surface area (Å²) >= 11 is 0. The van der Waals surface area contributed by atoms with Gasteiger partial charge in [-0.3, -0.25) is 30.6 Å². The third-order valence-electron chi connectivity index (χ3n) is 3.76. The molecule has 0 spiro atoms. The zero-order chi connectivity index (χ0) is 20.0. The third kappa shape index (κ3) is 4.51. The lowest BCUT2D eigenvalue weighted by Gasteiger charge is -2.12. The molecule has 0 aliphatic rings. The van der Waals surface area contributed by atoms with Gasteiger partial charge in [-0.1, -0.05) is 6.07 Å². The molecule has 0 saturated carbocycles. The Morgan fingerprint density at radius 3 is 2.44 bits per heavy atom. The molecule has 0 unspecified atom stereocenters. The van der Waals surface area contributed by atoms with Crippen molar-refractivity contribution in [3.05, 3.63) is 63.2 Å². The van der Waals surface area contributed by atoms with Crippen molar-refractivity contribution in [2.45, 2.75) is 13.8 Å². The Balaban J connectivity index is 2.11. The Bertz CT molecular complexity index is 881. The Hall–Kier alpha value is -3.62. The lowest BCUT2D eigenvalue weighted by molar-refractivity contribution is -0.385. The zero-order valence-electron chi connectivity index (χ0n) is 15.1. The number of hydrogen-bond donors (Lipinski definition) is 2. The minimum Gasteiger partial charge on any atom is -0.493 e. The fourth-order valence-corrected chi connectivity index (χ4v) is 2.40. The van der Waals surface area contributed by atoms with E-state index in [1.54, 1.807) is 6.07 Å². The molecular weight excluding hydrogens is 354 g/mol. The molecule has 2 N–H and O–H groups in total. The fourth-order valence-electron chi connectivity index (χ4n) is 2.40. The molecule has 2 amide bonds. The van der Waals surface area contributed by atoms with Crippen LogP contribution in [0.3, 0.4) is 0 Å². The fraction of sp³-hybridized carbons (Fsp3) is 0.222. The van der Waals surface area contributed by atoms with Gasteiger partial charge in [0, 0.05) is 17.2 Å². The van der Waals surface area contributed by atoms with Crippen LogP contribution in [0.1, 0.15) is 33.2 Å². The van der Waals surface area contributed by atoms with Gasteiger partial charge in [0.15, 0.2) is 11.5 Å². The SMILES string of the molecule is CCOc1ccc(C(=O)NNC(=O)c2cccc([N+](=O)[O-])c2C)cc1OC. The summed E-state index contributed by atoms with van der Waals surface area (Å²) in [5, 5.41) is 11.0. The van der Waals surface area contributed by atoms with Gasteiger partial charge in [0.2, 0.25) is 0 Å². The zero-order valence-corrected chi connectivity index (χ0v) is 15.1. The van der Waals surface area contributed by atoms with E-state index in [1.165, 1.54) is 44.4 Å². The molecule has 0 aliphatic heterocycles. The number of nitrogens with zero attached hydrogens (tertiary/aromatic N) is 1. The maximum absolute atomic E-state index is 12.2. The Kier molecular flexibility index (Phi) is 6.32. The van der Waals surface area contributed by atoms with Crippen molar-refractivity contribution < 1.29 is 24.0 Å². The van der Waals surface area contributed by atoms with Crippen LogP contribution in [-0.2, 0) is 0 Å². The van der Waals surface area contributed by atoms with Gasteiger partial charge in [-0.05, 0) is 38.1 Å². The first-order valence-electron chi connectivity index (χ1n) is 8.04. The molecule has 2 aromatic carbocycles. The number of carbonyl (C=O) groups excluding carboxylic acids is 2. The molecular formula is C18H19N3O6. The topological polar surface area (TPSA) is 120 Å². The van der Waals surface area contributed by atoms with Gasteiger partial charge < -0.3 is 9.47 Å². The quantitative estimate of drug-likeness (QED) is 0.593. The number of ether oxygens (including phenoxy) is 2. The average Bonchev–Trinajstić information content (AvgIpc) is 2.66. The van der Waals surface area contributed by atoms with Crippen LogP contribution in [0.25, 0.3) is 0 Å². The van der Waals surface area contributed by atoms with E-state index < -0.39 is 16.7 Å². The summed E-state index contributed by atoms with van der Waals surface area (Å²) in [6.45, 7) is 3.73. The standard InChI is InChI=1S/C18H19N3O6/c1-4-27-15-9-8-12(10-16(15)26-3)17(22)19-20-18(23)13-6-5-7-14(11(13)2)21(24)25/h5-10H,4H2,1-3H3,(H,19,22)(H,20,23). The monoisotopic (exact) mass is 373 g/mol. The lowest BCUT2D eigenvalue weighted by atomic mass is 10.1. The molecule has 0 heterocycles. The average molecular weight is 373 g/mol. The second-order valence-electron chi connectivity index (χ2n) is 5.41. The largest absolute Gasteiger partial charge is 0.493 e. The van der Waals surface area contributed by atoms with Gasteiger partial charge in [0.05, 0.1) is 24.2 Å². The lowest BCUT2D eigenvalue weighted by Crippen LogP contribution is -2.41. The van der Waals surface area contributed by atoms with E-state index in [9.17, 15) is 19.7 Å². The molecule has 0 saturated heterocycles. The molecule has 2 rings (SSSR count). The number of methoxy groups -OCH3 is 1. The van der Waals surface area contributed by atoms with Crippen LogP contribution in [0.2, 0.25) is 0 Å². The number of nitrogens with one attached hydrogen (secondary N) is 2. The number of rotatable bonds is 6. The van der Waals surface area contributed by atoms with Crippen LogP contribution in [0.5, 0.6) is 11.5 Å². The Morgan fingerprint density at radius 1 is 1.11 bits per heavy atom. The molecule has 0 atom stereocenters. The normalized spacial score (nSPS) is 10.0. The van der Waals surface area contributed by atoms with E-state index in [0.29, 0.717) is 18.1 Å². The van der Waals surface area contributed by atoms with E-state index in [-0.39, 0.29) is 22.4 Å². The molecule has 0 fully saturated rings. The van der Waals surface area contributed by atoms with Crippen molar-refractivity contribution in [3.8, 4) is 11.5 Å². The van der Waals surface area contributed by atoms with E-state index in [0.717, 1.165) is 0 Å². The van der Waals surface area contributed by atoms with E-state index in [1.807, 2.05) is 6.92 Å². The van der Waals surface area contributed by atoms with Gasteiger partial charge in [-0.2, -0.15) is 0 Å². The highest BCUT2D eigenvalue weighted by Crippen LogP contribution is 2.28. The Morgan fingerprint density at radius 2 is 1.81 bits per heavy atom. The third-order valence-corrected chi connectivity index (χ3v) is 3.76. The Labute approximate surface area is 155 Å². The summed E-state index contributed by atoms with van der Waals surface area (Å²) in [7, 11) is 1.45. The maximum atomic E-state index is 12.2. The van der Waals surface area contributed by atoms with Crippen LogP contribution >= 0.6 is 0 Å². The molecule has 0 aromatic heterocycles. The molecule has 0 aliphatic carbocycles. The van der Waals surface area contributed by atoms with E-state index >= 15 is 0 Å². The second kappa shape index (κ2) is 8.65. The van der Waals surface area contributed by atoms with Gasteiger partial charge in [0.25, 0.3) is 17.5 Å². The first kappa shape index (κ1) is 19.7. The molecule has 9 heteroatoms. The van der Waals surface area contributed by atoms with Crippen molar-refractivity contribution in [3.63, 3.8) is 0 Å². The molecule has 9 nitrogen and oxygen atoms in total. The van der Waals surface area contributed by atoms with Crippen molar-refractivity contribution in [2.24, 2.45) is 0 Å². The van der Waals surface area contributed by atoms with Crippen LogP contribution in [-0.4, -0.2) is 30.5 Å². The second-order valence-corrected chi connectivity index (χ2v) is 5.41. The van der Waals surface area contributed by atoms with Crippen molar-refractivity contribution in [1.29, 1.82) is 0 Å². The summed E-state index contributed by atoms with van der Waals surface area (Å²) in [5.74, 6) is -0.367. The highest BCUT2D eigenvalue weighted by atomic mass is 16.6. The van der Waals surface area contributed by atoms with Crippen molar-refractivity contribution in [2.75, 3.05) is 13.7 Å². The smallest absolute Gasteiger partial charge is 0.273 e. The van der Waals surface area contributed by atoms with Crippen molar-refractivity contribution >= 4 is 17.5 Å². The molecule has 142 valence electrons. The maximum Gasteiger partial charge on any atom is 0.273 e. The number of hydrazine groups is 1. The van der Waals surface area contributed by atoms with Gasteiger partial charge in [0.1, 0.15) is 0 Å². The van der Waals surface area contributed by atoms with Crippen LogP contribution in [0.15, 0.2) is 36.4 Å². The summed E-state index contributed by atoms with van der Waals surface area (Å²) in [4.78, 5) is 34.9.